The molecule has 2 aromatic rings. The summed E-state index contributed by atoms with van der Waals surface area (Å²) in [5.74, 6) is 0.511. The van der Waals surface area contributed by atoms with Gasteiger partial charge in [0.25, 0.3) is 11.1 Å². The number of thioether (sulfide) groups is 1. The molecule has 0 bridgehead atoms. The van der Waals surface area contributed by atoms with Crippen molar-refractivity contribution in [1.82, 2.24) is 4.90 Å². The van der Waals surface area contributed by atoms with Crippen molar-refractivity contribution in [1.29, 1.82) is 0 Å². The SMILES string of the molecule is CCC(C)Oc1ccc(/C=C2\SC(=O)N(Cc3ccc(Cl)cc3)C2=O)cc1. The van der Waals surface area contributed by atoms with Gasteiger partial charge in [-0.3, -0.25) is 14.5 Å². The minimum Gasteiger partial charge on any atom is -0.491 e. The molecule has 0 aliphatic carbocycles. The molecule has 1 saturated heterocycles. The summed E-state index contributed by atoms with van der Waals surface area (Å²) in [4.78, 5) is 26.5. The maximum atomic E-state index is 12.6. The van der Waals surface area contributed by atoms with Crippen LogP contribution in [0.4, 0.5) is 4.79 Å². The number of nitrogens with zero attached hydrogens (tertiary/aromatic N) is 1. The van der Waals surface area contributed by atoms with Crippen molar-refractivity contribution in [3.63, 3.8) is 0 Å². The number of imide groups is 1. The van der Waals surface area contributed by atoms with Gasteiger partial charge in [0.05, 0.1) is 17.6 Å². The zero-order chi connectivity index (χ0) is 19.4. The van der Waals surface area contributed by atoms with Crippen molar-refractivity contribution in [2.24, 2.45) is 0 Å². The van der Waals surface area contributed by atoms with Crippen LogP contribution >= 0.6 is 23.4 Å². The van der Waals surface area contributed by atoms with Crippen LogP contribution in [0.5, 0.6) is 5.75 Å². The van der Waals surface area contributed by atoms with Crippen LogP contribution < -0.4 is 4.74 Å². The maximum Gasteiger partial charge on any atom is 0.293 e. The monoisotopic (exact) mass is 401 g/mol. The van der Waals surface area contributed by atoms with Gasteiger partial charge in [0.15, 0.2) is 0 Å². The summed E-state index contributed by atoms with van der Waals surface area (Å²) < 4.78 is 5.75. The lowest BCUT2D eigenvalue weighted by atomic mass is 10.2. The number of amides is 2. The molecule has 27 heavy (non-hydrogen) atoms. The molecular weight excluding hydrogens is 382 g/mol. The van der Waals surface area contributed by atoms with Crippen LogP contribution in [0.3, 0.4) is 0 Å². The van der Waals surface area contributed by atoms with Crippen molar-refractivity contribution in [2.45, 2.75) is 32.9 Å². The van der Waals surface area contributed by atoms with E-state index in [0.717, 1.165) is 35.1 Å². The summed E-state index contributed by atoms with van der Waals surface area (Å²) >= 11 is 6.84. The molecule has 2 amide bonds. The van der Waals surface area contributed by atoms with E-state index in [9.17, 15) is 9.59 Å². The first-order chi connectivity index (χ1) is 13.0. The van der Waals surface area contributed by atoms with Crippen LogP contribution in [0.15, 0.2) is 53.4 Å². The zero-order valence-electron chi connectivity index (χ0n) is 15.1. The number of carbonyl (C=O) groups is 2. The zero-order valence-corrected chi connectivity index (χ0v) is 16.7. The molecular formula is C21H20ClNO3S. The molecule has 3 rings (SSSR count). The molecule has 1 heterocycles. The van der Waals surface area contributed by atoms with Crippen LogP contribution in [0.25, 0.3) is 6.08 Å². The van der Waals surface area contributed by atoms with E-state index in [0.29, 0.717) is 9.93 Å². The van der Waals surface area contributed by atoms with Gasteiger partial charge in [-0.25, -0.2) is 0 Å². The molecule has 1 aliphatic rings. The first-order valence-electron chi connectivity index (χ1n) is 8.73. The van der Waals surface area contributed by atoms with Crippen molar-refractivity contribution < 1.29 is 14.3 Å². The lowest BCUT2D eigenvalue weighted by Gasteiger charge is -2.12. The Kier molecular flexibility index (Phi) is 6.24. The second-order valence-electron chi connectivity index (χ2n) is 6.30. The van der Waals surface area contributed by atoms with Gasteiger partial charge in [-0.05, 0) is 66.6 Å². The van der Waals surface area contributed by atoms with Gasteiger partial charge in [-0.2, -0.15) is 0 Å². The van der Waals surface area contributed by atoms with Crippen molar-refractivity contribution in [3.8, 4) is 5.75 Å². The van der Waals surface area contributed by atoms with E-state index in [4.69, 9.17) is 16.3 Å². The topological polar surface area (TPSA) is 46.6 Å². The Hall–Kier alpha value is -2.24. The summed E-state index contributed by atoms with van der Waals surface area (Å²) in [5, 5.41) is 0.353. The van der Waals surface area contributed by atoms with E-state index in [2.05, 4.69) is 6.92 Å². The third-order valence-electron chi connectivity index (χ3n) is 4.22. The number of hydrogen-bond acceptors (Lipinski definition) is 4. The molecule has 0 aromatic heterocycles. The number of carbonyl (C=O) groups excluding carboxylic acids is 2. The highest BCUT2D eigenvalue weighted by Gasteiger charge is 2.34. The lowest BCUT2D eigenvalue weighted by molar-refractivity contribution is -0.123. The van der Waals surface area contributed by atoms with E-state index in [1.165, 1.54) is 4.90 Å². The molecule has 1 aliphatic heterocycles. The second kappa shape index (κ2) is 8.63. The van der Waals surface area contributed by atoms with Gasteiger partial charge in [-0.1, -0.05) is 42.8 Å². The van der Waals surface area contributed by atoms with Crippen LogP contribution in [-0.2, 0) is 11.3 Å². The number of halogens is 1. The van der Waals surface area contributed by atoms with E-state index in [1.54, 1.807) is 18.2 Å². The smallest absolute Gasteiger partial charge is 0.293 e. The van der Waals surface area contributed by atoms with Crippen molar-refractivity contribution in [2.75, 3.05) is 0 Å². The molecule has 1 atom stereocenters. The average Bonchev–Trinajstić information content (AvgIpc) is 2.92. The van der Waals surface area contributed by atoms with Crippen LogP contribution in [-0.4, -0.2) is 22.2 Å². The Bertz CT molecular complexity index is 862. The minimum absolute atomic E-state index is 0.153. The molecule has 4 nitrogen and oxygen atoms in total. The van der Waals surface area contributed by atoms with Crippen LogP contribution in [0.1, 0.15) is 31.4 Å². The van der Waals surface area contributed by atoms with Gasteiger partial charge in [0.2, 0.25) is 0 Å². The highest BCUT2D eigenvalue weighted by molar-refractivity contribution is 8.18. The highest BCUT2D eigenvalue weighted by atomic mass is 35.5. The fraction of sp³-hybridized carbons (Fsp3) is 0.238. The molecule has 1 unspecified atom stereocenters. The van der Waals surface area contributed by atoms with Gasteiger partial charge in [0.1, 0.15) is 5.75 Å². The molecule has 6 heteroatoms. The summed E-state index contributed by atoms with van der Waals surface area (Å²) in [7, 11) is 0. The quantitative estimate of drug-likeness (QED) is 0.578. The minimum atomic E-state index is -0.278. The van der Waals surface area contributed by atoms with Crippen molar-refractivity contribution in [3.05, 3.63) is 69.6 Å². The normalized spacial score (nSPS) is 16.9. The highest BCUT2D eigenvalue weighted by Crippen LogP contribution is 2.33. The fourth-order valence-electron chi connectivity index (χ4n) is 2.52. The third-order valence-corrected chi connectivity index (χ3v) is 5.38. The molecule has 0 spiro atoms. The molecule has 140 valence electrons. The van der Waals surface area contributed by atoms with Crippen LogP contribution in [0, 0.1) is 0 Å². The molecule has 0 N–H and O–H groups in total. The predicted octanol–water partition coefficient (Wildman–Crippen LogP) is 5.75. The largest absolute Gasteiger partial charge is 0.491 e. The number of benzene rings is 2. The lowest BCUT2D eigenvalue weighted by Crippen LogP contribution is -2.27. The Labute approximate surface area is 168 Å². The first-order valence-corrected chi connectivity index (χ1v) is 9.92. The standard InChI is InChI=1S/C21H20ClNO3S/c1-3-14(2)26-18-10-6-15(7-11-18)12-19-20(24)23(21(25)27-19)13-16-4-8-17(22)9-5-16/h4-12,14H,3,13H2,1-2H3/b19-12-. The van der Waals surface area contributed by atoms with Crippen molar-refractivity contribution >= 4 is 40.6 Å². The molecule has 2 aromatic carbocycles. The summed E-state index contributed by atoms with van der Waals surface area (Å²) in [6.07, 6.45) is 2.82. The Morgan fingerprint density at radius 3 is 2.41 bits per heavy atom. The maximum absolute atomic E-state index is 12.6. The fourth-order valence-corrected chi connectivity index (χ4v) is 3.48. The summed E-state index contributed by atoms with van der Waals surface area (Å²) in [6.45, 7) is 4.32. The van der Waals surface area contributed by atoms with E-state index < -0.39 is 0 Å². The number of hydrogen-bond donors (Lipinski definition) is 0. The van der Waals surface area contributed by atoms with E-state index in [1.807, 2.05) is 43.3 Å². The predicted molar refractivity (Wildman–Crippen MR) is 110 cm³/mol. The molecule has 1 fully saturated rings. The summed E-state index contributed by atoms with van der Waals surface area (Å²) in [5.41, 5.74) is 1.71. The van der Waals surface area contributed by atoms with Gasteiger partial charge in [0, 0.05) is 5.02 Å². The van der Waals surface area contributed by atoms with Gasteiger partial charge >= 0.3 is 0 Å². The number of ether oxygens (including phenoxy) is 1. The average molecular weight is 402 g/mol. The van der Waals surface area contributed by atoms with Gasteiger partial charge < -0.3 is 4.74 Å². The van der Waals surface area contributed by atoms with Gasteiger partial charge in [-0.15, -0.1) is 0 Å². The second-order valence-corrected chi connectivity index (χ2v) is 7.73. The Balaban J connectivity index is 1.71. The van der Waals surface area contributed by atoms with E-state index >= 15 is 0 Å². The first kappa shape index (κ1) is 19.5. The Morgan fingerprint density at radius 1 is 1.11 bits per heavy atom. The molecule has 0 saturated carbocycles. The molecule has 0 radical (unpaired) electrons. The number of rotatable bonds is 6. The third kappa shape index (κ3) is 4.93. The summed E-state index contributed by atoms with van der Waals surface area (Å²) in [6, 6.07) is 14.6. The van der Waals surface area contributed by atoms with Crippen LogP contribution in [0.2, 0.25) is 5.02 Å². The Morgan fingerprint density at radius 2 is 1.78 bits per heavy atom. The van der Waals surface area contributed by atoms with E-state index in [-0.39, 0.29) is 23.8 Å².